The molecule has 3 aromatic rings. The summed E-state index contributed by atoms with van der Waals surface area (Å²) in [6.07, 6.45) is 7.50. The SMILES string of the molecule is Cc1nc(CN2CCCC[C@@H]2c2ccn3nccc3n2)cs1. The fraction of sp³-hybridized carbons (Fsp3) is 0.438. The molecule has 0 aliphatic carbocycles. The van der Waals surface area contributed by atoms with Gasteiger partial charge in [-0.1, -0.05) is 6.42 Å². The van der Waals surface area contributed by atoms with Crippen molar-refractivity contribution in [3.05, 3.63) is 46.3 Å². The minimum absolute atomic E-state index is 0.385. The number of fused-ring (bicyclic) bond motifs is 1. The van der Waals surface area contributed by atoms with E-state index >= 15 is 0 Å². The van der Waals surface area contributed by atoms with E-state index in [1.165, 1.54) is 25.0 Å². The van der Waals surface area contributed by atoms with Gasteiger partial charge in [-0.2, -0.15) is 5.10 Å². The van der Waals surface area contributed by atoms with Crippen LogP contribution in [0.2, 0.25) is 0 Å². The average molecular weight is 313 g/mol. The Balaban J connectivity index is 1.61. The molecule has 0 aromatic carbocycles. The summed E-state index contributed by atoms with van der Waals surface area (Å²) in [6.45, 7) is 4.10. The third-order valence-corrected chi connectivity index (χ3v) is 5.09. The lowest BCUT2D eigenvalue weighted by atomic mass is 9.99. The molecule has 22 heavy (non-hydrogen) atoms. The van der Waals surface area contributed by atoms with Crippen molar-refractivity contribution in [3.63, 3.8) is 0 Å². The zero-order chi connectivity index (χ0) is 14.9. The van der Waals surface area contributed by atoms with Crippen molar-refractivity contribution in [1.29, 1.82) is 0 Å². The fourth-order valence-electron chi connectivity index (χ4n) is 3.22. The number of aromatic nitrogens is 4. The first-order valence-electron chi connectivity index (χ1n) is 7.75. The molecule has 0 radical (unpaired) electrons. The van der Waals surface area contributed by atoms with Crippen LogP contribution >= 0.6 is 11.3 Å². The van der Waals surface area contributed by atoms with Crippen molar-refractivity contribution < 1.29 is 0 Å². The number of thiazole rings is 1. The number of nitrogens with zero attached hydrogens (tertiary/aromatic N) is 5. The number of piperidine rings is 1. The summed E-state index contributed by atoms with van der Waals surface area (Å²) in [7, 11) is 0. The fourth-order valence-corrected chi connectivity index (χ4v) is 3.82. The molecule has 1 saturated heterocycles. The maximum Gasteiger partial charge on any atom is 0.155 e. The lowest BCUT2D eigenvalue weighted by Crippen LogP contribution is -2.33. The van der Waals surface area contributed by atoms with Crippen molar-refractivity contribution >= 4 is 17.0 Å². The number of aryl methyl sites for hydroxylation is 1. The second-order valence-corrected chi connectivity index (χ2v) is 6.89. The second kappa shape index (κ2) is 5.78. The van der Waals surface area contributed by atoms with Crippen LogP contribution < -0.4 is 0 Å². The van der Waals surface area contributed by atoms with Crippen LogP contribution in [0.25, 0.3) is 5.65 Å². The van der Waals surface area contributed by atoms with Crippen molar-refractivity contribution in [2.24, 2.45) is 0 Å². The monoisotopic (exact) mass is 313 g/mol. The van der Waals surface area contributed by atoms with E-state index in [4.69, 9.17) is 4.98 Å². The largest absolute Gasteiger partial charge is 0.289 e. The molecule has 0 N–H and O–H groups in total. The Morgan fingerprint density at radius 2 is 2.23 bits per heavy atom. The average Bonchev–Trinajstić information content (AvgIpc) is 3.16. The predicted octanol–water partition coefficient (Wildman–Crippen LogP) is 3.22. The van der Waals surface area contributed by atoms with Crippen molar-refractivity contribution in [1.82, 2.24) is 24.5 Å². The molecular weight excluding hydrogens is 294 g/mol. The van der Waals surface area contributed by atoms with Crippen molar-refractivity contribution in [3.8, 4) is 0 Å². The van der Waals surface area contributed by atoms with Gasteiger partial charge in [0, 0.05) is 24.2 Å². The van der Waals surface area contributed by atoms with Crippen molar-refractivity contribution in [2.75, 3.05) is 6.54 Å². The molecule has 1 atom stereocenters. The molecule has 3 aromatic heterocycles. The van der Waals surface area contributed by atoms with E-state index < -0.39 is 0 Å². The number of hydrogen-bond donors (Lipinski definition) is 0. The topological polar surface area (TPSA) is 46.3 Å². The van der Waals surface area contributed by atoms with Gasteiger partial charge in [-0.3, -0.25) is 4.90 Å². The molecule has 1 aliphatic heterocycles. The Bertz CT molecular complexity index is 778. The maximum atomic E-state index is 4.80. The quantitative estimate of drug-likeness (QED) is 0.745. The van der Waals surface area contributed by atoms with Crippen LogP contribution in [-0.4, -0.2) is 31.0 Å². The first-order valence-corrected chi connectivity index (χ1v) is 8.63. The van der Waals surface area contributed by atoms with E-state index in [0.29, 0.717) is 6.04 Å². The summed E-state index contributed by atoms with van der Waals surface area (Å²) < 4.78 is 1.82. The van der Waals surface area contributed by atoms with Gasteiger partial charge < -0.3 is 0 Å². The molecule has 1 aliphatic rings. The standard InChI is InChI=1S/C16H19N5S/c1-12-18-13(11-22-12)10-20-8-3-2-4-15(20)14-6-9-21-16(19-14)5-7-17-21/h5-7,9,11,15H,2-4,8,10H2,1H3/t15-/m1/s1. The Morgan fingerprint density at radius 3 is 3.09 bits per heavy atom. The highest BCUT2D eigenvalue weighted by Gasteiger charge is 2.25. The molecule has 4 heterocycles. The Labute approximate surface area is 133 Å². The first kappa shape index (κ1) is 13.8. The van der Waals surface area contributed by atoms with E-state index in [2.05, 4.69) is 33.4 Å². The van der Waals surface area contributed by atoms with E-state index in [0.717, 1.165) is 29.4 Å². The molecule has 0 unspecified atom stereocenters. The van der Waals surface area contributed by atoms with Gasteiger partial charge in [-0.25, -0.2) is 14.5 Å². The third-order valence-electron chi connectivity index (χ3n) is 4.27. The van der Waals surface area contributed by atoms with Crippen LogP contribution in [0.15, 0.2) is 29.9 Å². The van der Waals surface area contributed by atoms with Gasteiger partial charge >= 0.3 is 0 Å². The van der Waals surface area contributed by atoms with Crippen LogP contribution in [0.1, 0.15) is 41.7 Å². The van der Waals surface area contributed by atoms with Gasteiger partial charge in [0.25, 0.3) is 0 Å². The summed E-state index contributed by atoms with van der Waals surface area (Å²) in [5.74, 6) is 0. The van der Waals surface area contributed by atoms with Crippen LogP contribution in [0.4, 0.5) is 0 Å². The summed E-state index contributed by atoms with van der Waals surface area (Å²) >= 11 is 1.73. The maximum absolute atomic E-state index is 4.80. The summed E-state index contributed by atoms with van der Waals surface area (Å²) in [5.41, 5.74) is 3.26. The zero-order valence-corrected chi connectivity index (χ0v) is 13.5. The van der Waals surface area contributed by atoms with E-state index in [1.54, 1.807) is 17.5 Å². The Morgan fingerprint density at radius 1 is 1.27 bits per heavy atom. The molecule has 6 heteroatoms. The number of likely N-dealkylation sites (tertiary alicyclic amines) is 1. The van der Waals surface area contributed by atoms with Crippen LogP contribution in [0.3, 0.4) is 0 Å². The van der Waals surface area contributed by atoms with Gasteiger partial charge in [0.2, 0.25) is 0 Å². The summed E-state index contributed by atoms with van der Waals surface area (Å²) in [4.78, 5) is 11.9. The minimum atomic E-state index is 0.385. The van der Waals surface area contributed by atoms with E-state index in [1.807, 2.05) is 16.8 Å². The molecule has 0 amide bonds. The highest BCUT2D eigenvalue weighted by molar-refractivity contribution is 7.09. The summed E-state index contributed by atoms with van der Waals surface area (Å²) in [6, 6.07) is 4.45. The molecular formula is C16H19N5S. The van der Waals surface area contributed by atoms with Gasteiger partial charge in [0.15, 0.2) is 5.65 Å². The molecule has 0 bridgehead atoms. The van der Waals surface area contributed by atoms with Gasteiger partial charge in [-0.05, 0) is 32.4 Å². The molecule has 1 fully saturated rings. The molecule has 4 rings (SSSR count). The van der Waals surface area contributed by atoms with Crippen LogP contribution in [-0.2, 0) is 6.54 Å². The van der Waals surface area contributed by atoms with Gasteiger partial charge in [0.1, 0.15) is 0 Å². The normalized spacial score (nSPS) is 19.8. The van der Waals surface area contributed by atoms with Gasteiger partial charge in [-0.15, -0.1) is 11.3 Å². The molecule has 0 saturated carbocycles. The minimum Gasteiger partial charge on any atom is -0.289 e. The molecule has 114 valence electrons. The van der Waals surface area contributed by atoms with Crippen LogP contribution in [0.5, 0.6) is 0 Å². The lowest BCUT2D eigenvalue weighted by Gasteiger charge is -2.34. The smallest absolute Gasteiger partial charge is 0.155 e. The van der Waals surface area contributed by atoms with Crippen LogP contribution in [0, 0.1) is 6.92 Å². The predicted molar refractivity (Wildman–Crippen MR) is 86.8 cm³/mol. The Hall–Kier alpha value is -1.79. The lowest BCUT2D eigenvalue weighted by molar-refractivity contribution is 0.136. The highest BCUT2D eigenvalue weighted by atomic mass is 32.1. The Kier molecular flexibility index (Phi) is 3.63. The summed E-state index contributed by atoms with van der Waals surface area (Å²) in [5, 5.41) is 7.54. The molecule has 0 spiro atoms. The first-order chi connectivity index (χ1) is 10.8. The third kappa shape index (κ3) is 2.64. The second-order valence-electron chi connectivity index (χ2n) is 5.83. The van der Waals surface area contributed by atoms with E-state index in [-0.39, 0.29) is 0 Å². The van der Waals surface area contributed by atoms with Gasteiger partial charge in [0.05, 0.1) is 28.6 Å². The number of hydrogen-bond acceptors (Lipinski definition) is 5. The number of rotatable bonds is 3. The van der Waals surface area contributed by atoms with Crippen molar-refractivity contribution in [2.45, 2.75) is 38.8 Å². The highest BCUT2D eigenvalue weighted by Crippen LogP contribution is 2.31. The molecule has 5 nitrogen and oxygen atoms in total. The zero-order valence-electron chi connectivity index (χ0n) is 12.6. The van der Waals surface area contributed by atoms with E-state index in [9.17, 15) is 0 Å².